The quantitative estimate of drug-likeness (QED) is 0.903. The van der Waals surface area contributed by atoms with Crippen molar-refractivity contribution in [3.63, 3.8) is 0 Å². The van der Waals surface area contributed by atoms with Crippen LogP contribution in [0, 0.1) is 11.8 Å². The summed E-state index contributed by atoms with van der Waals surface area (Å²) >= 11 is 1.44. The molecule has 0 atom stereocenters. The van der Waals surface area contributed by atoms with Crippen molar-refractivity contribution in [1.82, 2.24) is 15.2 Å². The fraction of sp³-hybridized carbons (Fsp3) is 0.692. The summed E-state index contributed by atoms with van der Waals surface area (Å²) in [6, 6.07) is 0. The Bertz CT molecular complexity index is 394. The molecule has 18 heavy (non-hydrogen) atoms. The van der Waals surface area contributed by atoms with Crippen molar-refractivity contribution < 1.29 is 4.79 Å². The number of thiazole rings is 1. The van der Waals surface area contributed by atoms with Crippen LogP contribution in [0.1, 0.15) is 29.1 Å². The van der Waals surface area contributed by atoms with Gasteiger partial charge in [-0.15, -0.1) is 11.3 Å². The van der Waals surface area contributed by atoms with Crippen LogP contribution in [0.3, 0.4) is 0 Å². The normalized spacial score (nSPS) is 21.9. The maximum absolute atomic E-state index is 12.1. The number of hydrogen-bond acceptors (Lipinski definition) is 4. The van der Waals surface area contributed by atoms with Crippen LogP contribution in [0.4, 0.5) is 0 Å². The number of nitrogens with one attached hydrogen (secondary N) is 1. The van der Waals surface area contributed by atoms with Crippen molar-refractivity contribution in [2.24, 2.45) is 11.8 Å². The lowest BCUT2D eigenvalue weighted by atomic mass is 9.84. The minimum atomic E-state index is 0.119. The van der Waals surface area contributed by atoms with E-state index in [1.165, 1.54) is 30.8 Å². The highest BCUT2D eigenvalue weighted by Crippen LogP contribution is 2.26. The lowest BCUT2D eigenvalue weighted by molar-refractivity contribution is 0.0672. The fourth-order valence-corrected chi connectivity index (χ4v) is 3.42. The zero-order valence-corrected chi connectivity index (χ0v) is 11.3. The Morgan fingerprint density at radius 2 is 2.17 bits per heavy atom. The topological polar surface area (TPSA) is 45.2 Å². The zero-order valence-electron chi connectivity index (χ0n) is 10.5. The minimum Gasteiger partial charge on any atom is -0.337 e. The van der Waals surface area contributed by atoms with Crippen molar-refractivity contribution >= 4 is 17.2 Å². The molecule has 2 fully saturated rings. The van der Waals surface area contributed by atoms with Gasteiger partial charge in [-0.1, -0.05) is 0 Å². The van der Waals surface area contributed by atoms with E-state index in [2.05, 4.69) is 10.3 Å². The highest BCUT2D eigenvalue weighted by molar-refractivity contribution is 7.11. The number of carbonyl (C=O) groups is 1. The number of piperidine rings is 1. The molecule has 1 aromatic rings. The van der Waals surface area contributed by atoms with Crippen LogP contribution in [0.5, 0.6) is 0 Å². The molecule has 0 spiro atoms. The number of likely N-dealkylation sites (tertiary alicyclic amines) is 1. The third kappa shape index (κ3) is 2.57. The molecule has 5 heteroatoms. The SMILES string of the molecule is O=C(c1nccs1)N1CCC(CC2CNC2)CC1. The largest absolute Gasteiger partial charge is 0.337 e. The van der Waals surface area contributed by atoms with Crippen LogP contribution >= 0.6 is 11.3 Å². The molecule has 1 N–H and O–H groups in total. The summed E-state index contributed by atoms with van der Waals surface area (Å²) in [5, 5.41) is 5.83. The first kappa shape index (κ1) is 12.1. The van der Waals surface area contributed by atoms with E-state index >= 15 is 0 Å². The van der Waals surface area contributed by atoms with Gasteiger partial charge in [-0.3, -0.25) is 4.79 Å². The Labute approximate surface area is 111 Å². The van der Waals surface area contributed by atoms with E-state index in [0.717, 1.165) is 37.8 Å². The molecule has 3 rings (SSSR count). The van der Waals surface area contributed by atoms with Crippen molar-refractivity contribution in [3.05, 3.63) is 16.6 Å². The number of nitrogens with zero attached hydrogens (tertiary/aromatic N) is 2. The van der Waals surface area contributed by atoms with Crippen molar-refractivity contribution in [3.8, 4) is 0 Å². The van der Waals surface area contributed by atoms with Crippen LogP contribution < -0.4 is 5.32 Å². The number of amides is 1. The predicted molar refractivity (Wildman–Crippen MR) is 71.7 cm³/mol. The van der Waals surface area contributed by atoms with Gasteiger partial charge in [0.1, 0.15) is 0 Å². The molecule has 3 heterocycles. The van der Waals surface area contributed by atoms with E-state index in [0.29, 0.717) is 5.01 Å². The minimum absolute atomic E-state index is 0.119. The van der Waals surface area contributed by atoms with Crippen LogP contribution in [-0.4, -0.2) is 42.0 Å². The van der Waals surface area contributed by atoms with E-state index in [4.69, 9.17) is 0 Å². The van der Waals surface area contributed by atoms with E-state index in [1.54, 1.807) is 6.20 Å². The molecule has 0 radical (unpaired) electrons. The molecule has 0 saturated carbocycles. The Morgan fingerprint density at radius 1 is 1.39 bits per heavy atom. The summed E-state index contributed by atoms with van der Waals surface area (Å²) < 4.78 is 0. The molecule has 0 bridgehead atoms. The molecule has 1 amide bonds. The van der Waals surface area contributed by atoms with Gasteiger partial charge in [-0.05, 0) is 44.2 Å². The van der Waals surface area contributed by atoms with Gasteiger partial charge in [0, 0.05) is 24.7 Å². The first-order chi connectivity index (χ1) is 8.83. The second-order valence-corrected chi connectivity index (χ2v) is 6.23. The van der Waals surface area contributed by atoms with Gasteiger partial charge < -0.3 is 10.2 Å². The lowest BCUT2D eigenvalue weighted by Gasteiger charge is -2.36. The van der Waals surface area contributed by atoms with Gasteiger partial charge in [0.05, 0.1) is 0 Å². The van der Waals surface area contributed by atoms with Crippen molar-refractivity contribution in [2.45, 2.75) is 19.3 Å². The maximum Gasteiger partial charge on any atom is 0.282 e. The average Bonchev–Trinajstić information content (AvgIpc) is 2.87. The molecule has 0 aromatic carbocycles. The van der Waals surface area contributed by atoms with Gasteiger partial charge in [0.2, 0.25) is 0 Å². The first-order valence-corrected chi connectivity index (χ1v) is 7.60. The van der Waals surface area contributed by atoms with Crippen LogP contribution in [0.15, 0.2) is 11.6 Å². The van der Waals surface area contributed by atoms with Gasteiger partial charge >= 0.3 is 0 Å². The zero-order chi connectivity index (χ0) is 12.4. The van der Waals surface area contributed by atoms with E-state index in [1.807, 2.05) is 10.3 Å². The van der Waals surface area contributed by atoms with E-state index < -0.39 is 0 Å². The molecule has 0 unspecified atom stereocenters. The predicted octanol–water partition coefficient (Wildman–Crippen LogP) is 1.60. The van der Waals surface area contributed by atoms with Gasteiger partial charge in [-0.2, -0.15) is 0 Å². The number of rotatable bonds is 3. The summed E-state index contributed by atoms with van der Waals surface area (Å²) in [6.45, 7) is 4.20. The summed E-state index contributed by atoms with van der Waals surface area (Å²) in [4.78, 5) is 18.2. The molecule has 2 aliphatic rings. The smallest absolute Gasteiger partial charge is 0.282 e. The molecular formula is C13H19N3OS. The maximum atomic E-state index is 12.1. The summed E-state index contributed by atoms with van der Waals surface area (Å²) in [5.74, 6) is 1.82. The van der Waals surface area contributed by atoms with Crippen LogP contribution in [0.25, 0.3) is 0 Å². The van der Waals surface area contributed by atoms with Crippen molar-refractivity contribution in [1.29, 1.82) is 0 Å². The summed E-state index contributed by atoms with van der Waals surface area (Å²) in [7, 11) is 0. The highest BCUT2D eigenvalue weighted by atomic mass is 32.1. The fourth-order valence-electron chi connectivity index (χ4n) is 2.82. The molecular weight excluding hydrogens is 246 g/mol. The summed E-state index contributed by atoms with van der Waals surface area (Å²) in [5.41, 5.74) is 0. The van der Waals surface area contributed by atoms with Gasteiger partial charge in [-0.25, -0.2) is 4.98 Å². The third-order valence-corrected chi connectivity index (χ3v) is 4.81. The number of aromatic nitrogens is 1. The Balaban J connectivity index is 1.48. The van der Waals surface area contributed by atoms with Gasteiger partial charge in [0.15, 0.2) is 5.01 Å². The number of carbonyl (C=O) groups excluding carboxylic acids is 1. The Kier molecular flexibility index (Phi) is 3.61. The Hall–Kier alpha value is -0.940. The second kappa shape index (κ2) is 5.36. The molecule has 0 aliphatic carbocycles. The second-order valence-electron chi connectivity index (χ2n) is 5.33. The molecule has 2 aliphatic heterocycles. The molecule has 4 nitrogen and oxygen atoms in total. The Morgan fingerprint density at radius 3 is 2.72 bits per heavy atom. The van der Waals surface area contributed by atoms with E-state index in [9.17, 15) is 4.79 Å². The lowest BCUT2D eigenvalue weighted by Crippen LogP contribution is -2.44. The average molecular weight is 265 g/mol. The number of hydrogen-bond donors (Lipinski definition) is 1. The van der Waals surface area contributed by atoms with Crippen molar-refractivity contribution in [2.75, 3.05) is 26.2 Å². The molecule has 2 saturated heterocycles. The molecule has 1 aromatic heterocycles. The monoisotopic (exact) mass is 265 g/mol. The first-order valence-electron chi connectivity index (χ1n) is 6.72. The van der Waals surface area contributed by atoms with Gasteiger partial charge in [0.25, 0.3) is 5.91 Å². The standard InChI is InChI=1S/C13H19N3OS/c17-13(12-15-3-6-18-12)16-4-1-10(2-5-16)7-11-8-14-9-11/h3,6,10-11,14H,1-2,4-5,7-9H2. The van der Waals surface area contributed by atoms with Crippen LogP contribution in [0.2, 0.25) is 0 Å². The van der Waals surface area contributed by atoms with Crippen LogP contribution in [-0.2, 0) is 0 Å². The van der Waals surface area contributed by atoms with E-state index in [-0.39, 0.29) is 5.91 Å². The summed E-state index contributed by atoms with van der Waals surface area (Å²) in [6.07, 6.45) is 5.36. The third-order valence-electron chi connectivity index (χ3n) is 4.05. The highest BCUT2D eigenvalue weighted by Gasteiger charge is 2.28. The molecule has 98 valence electrons.